The molecule has 0 spiro atoms. The van der Waals surface area contributed by atoms with Gasteiger partial charge in [0.15, 0.2) is 5.65 Å². The number of fused-ring (bicyclic) bond motifs is 2. The Morgan fingerprint density at radius 1 is 1.00 bits per heavy atom. The number of aromatic nitrogens is 6. The Balaban J connectivity index is 1.40. The SMILES string of the molecule is Cc1ncnc(N2CC3CN(c4nc5nn(C)cc5c(=O)n4C)CC3C2)c1C. The van der Waals surface area contributed by atoms with E-state index in [9.17, 15) is 4.79 Å². The predicted molar refractivity (Wildman–Crippen MR) is 107 cm³/mol. The van der Waals surface area contributed by atoms with E-state index < -0.39 is 0 Å². The van der Waals surface area contributed by atoms with Crippen LogP contribution in [0.1, 0.15) is 11.3 Å². The van der Waals surface area contributed by atoms with Gasteiger partial charge in [0.05, 0.1) is 0 Å². The molecule has 3 aromatic heterocycles. The Kier molecular flexibility index (Phi) is 3.68. The molecule has 0 saturated carbocycles. The topological polar surface area (TPSA) is 85.0 Å². The largest absolute Gasteiger partial charge is 0.356 e. The minimum atomic E-state index is -0.0427. The van der Waals surface area contributed by atoms with Gasteiger partial charge in [0.2, 0.25) is 5.95 Å². The van der Waals surface area contributed by atoms with Crippen LogP contribution in [0.25, 0.3) is 11.0 Å². The van der Waals surface area contributed by atoms with Crippen molar-refractivity contribution in [3.8, 4) is 0 Å². The zero-order chi connectivity index (χ0) is 19.6. The molecule has 0 radical (unpaired) electrons. The van der Waals surface area contributed by atoms with Crippen molar-refractivity contribution in [1.29, 1.82) is 0 Å². The van der Waals surface area contributed by atoms with Gasteiger partial charge in [-0.2, -0.15) is 10.1 Å². The van der Waals surface area contributed by atoms with Gasteiger partial charge in [0.25, 0.3) is 5.56 Å². The molecular formula is C19H24N8O. The van der Waals surface area contributed by atoms with Gasteiger partial charge in [-0.05, 0) is 13.8 Å². The van der Waals surface area contributed by atoms with E-state index in [2.05, 4.69) is 31.8 Å². The quantitative estimate of drug-likeness (QED) is 0.645. The van der Waals surface area contributed by atoms with Crippen LogP contribution in [0.3, 0.4) is 0 Å². The first kappa shape index (κ1) is 17.2. The molecule has 2 aliphatic rings. The fraction of sp³-hybridized carbons (Fsp3) is 0.526. The summed E-state index contributed by atoms with van der Waals surface area (Å²) in [6.07, 6.45) is 3.39. The third-order valence-corrected chi connectivity index (χ3v) is 6.23. The molecule has 9 heteroatoms. The maximum atomic E-state index is 12.7. The summed E-state index contributed by atoms with van der Waals surface area (Å²) in [5.74, 6) is 2.83. The van der Waals surface area contributed by atoms with Crippen LogP contribution < -0.4 is 15.4 Å². The van der Waals surface area contributed by atoms with Crippen molar-refractivity contribution in [3.63, 3.8) is 0 Å². The van der Waals surface area contributed by atoms with Crippen molar-refractivity contribution in [2.75, 3.05) is 36.0 Å². The molecule has 3 aromatic rings. The molecule has 0 bridgehead atoms. The summed E-state index contributed by atoms with van der Waals surface area (Å²) >= 11 is 0. The van der Waals surface area contributed by atoms with E-state index in [4.69, 9.17) is 4.98 Å². The summed E-state index contributed by atoms with van der Waals surface area (Å²) in [6.45, 7) is 7.84. The van der Waals surface area contributed by atoms with E-state index >= 15 is 0 Å². The highest BCUT2D eigenvalue weighted by molar-refractivity contribution is 5.74. The van der Waals surface area contributed by atoms with Crippen LogP contribution in [-0.2, 0) is 14.1 Å². The van der Waals surface area contributed by atoms with Gasteiger partial charge < -0.3 is 9.80 Å². The number of hydrogen-bond donors (Lipinski definition) is 0. The predicted octanol–water partition coefficient (Wildman–Crippen LogP) is 0.646. The van der Waals surface area contributed by atoms with Crippen LogP contribution in [0.15, 0.2) is 17.3 Å². The molecule has 9 nitrogen and oxygen atoms in total. The molecule has 0 N–H and O–H groups in total. The van der Waals surface area contributed by atoms with Crippen LogP contribution in [0.2, 0.25) is 0 Å². The summed E-state index contributed by atoms with van der Waals surface area (Å²) in [5, 5.41) is 4.90. The van der Waals surface area contributed by atoms with Gasteiger partial charge in [0, 0.05) is 69.6 Å². The van der Waals surface area contributed by atoms with Crippen LogP contribution in [-0.4, -0.2) is 55.5 Å². The Bertz CT molecular complexity index is 1120. The molecule has 2 aliphatic heterocycles. The fourth-order valence-corrected chi connectivity index (χ4v) is 4.61. The van der Waals surface area contributed by atoms with Crippen molar-refractivity contribution in [2.45, 2.75) is 13.8 Å². The van der Waals surface area contributed by atoms with Gasteiger partial charge in [-0.25, -0.2) is 9.97 Å². The molecule has 2 atom stereocenters. The van der Waals surface area contributed by atoms with E-state index in [0.29, 0.717) is 28.8 Å². The molecule has 28 heavy (non-hydrogen) atoms. The zero-order valence-corrected chi connectivity index (χ0v) is 16.6. The lowest BCUT2D eigenvalue weighted by molar-refractivity contribution is 0.533. The first-order valence-electron chi connectivity index (χ1n) is 9.61. The first-order valence-corrected chi connectivity index (χ1v) is 9.61. The number of rotatable bonds is 2. The highest BCUT2D eigenvalue weighted by Gasteiger charge is 2.42. The summed E-state index contributed by atoms with van der Waals surface area (Å²) < 4.78 is 3.30. The highest BCUT2D eigenvalue weighted by atomic mass is 16.1. The van der Waals surface area contributed by atoms with E-state index in [0.717, 1.165) is 43.3 Å². The molecule has 2 unspecified atom stereocenters. The maximum absolute atomic E-state index is 12.7. The summed E-state index contributed by atoms with van der Waals surface area (Å²) in [4.78, 5) is 30.8. The minimum absolute atomic E-state index is 0.0427. The van der Waals surface area contributed by atoms with Crippen molar-refractivity contribution in [1.82, 2.24) is 29.3 Å². The molecule has 2 fully saturated rings. The molecular weight excluding hydrogens is 356 g/mol. The van der Waals surface area contributed by atoms with E-state index in [1.807, 2.05) is 14.0 Å². The second-order valence-corrected chi connectivity index (χ2v) is 8.05. The lowest BCUT2D eigenvalue weighted by Crippen LogP contribution is -2.34. The maximum Gasteiger partial charge on any atom is 0.265 e. The zero-order valence-electron chi connectivity index (χ0n) is 16.6. The van der Waals surface area contributed by atoms with Crippen LogP contribution in [0.5, 0.6) is 0 Å². The molecule has 0 aromatic carbocycles. The van der Waals surface area contributed by atoms with Crippen molar-refractivity contribution in [2.24, 2.45) is 25.9 Å². The molecule has 0 amide bonds. The molecule has 2 saturated heterocycles. The van der Waals surface area contributed by atoms with Crippen LogP contribution in [0.4, 0.5) is 11.8 Å². The van der Waals surface area contributed by atoms with Crippen LogP contribution >= 0.6 is 0 Å². The summed E-state index contributed by atoms with van der Waals surface area (Å²) in [7, 11) is 3.61. The van der Waals surface area contributed by atoms with Gasteiger partial charge in [-0.3, -0.25) is 14.0 Å². The van der Waals surface area contributed by atoms with E-state index in [-0.39, 0.29) is 5.56 Å². The Hall–Kier alpha value is -2.97. The highest BCUT2D eigenvalue weighted by Crippen LogP contribution is 2.36. The smallest absolute Gasteiger partial charge is 0.265 e. The van der Waals surface area contributed by atoms with Crippen molar-refractivity contribution < 1.29 is 0 Å². The standard InChI is InChI=1S/C19H24N8O/c1-11-12(2)20-10-21-17(11)26-5-13-7-27(8-14(13)6-26)19-22-16-15(9-24(3)23-16)18(28)25(19)4/h9-10,13-14H,5-8H2,1-4H3. The van der Waals surface area contributed by atoms with Crippen molar-refractivity contribution in [3.05, 3.63) is 34.1 Å². The second-order valence-electron chi connectivity index (χ2n) is 8.05. The van der Waals surface area contributed by atoms with Gasteiger partial charge in [-0.15, -0.1) is 0 Å². The Morgan fingerprint density at radius 2 is 1.68 bits per heavy atom. The molecule has 146 valence electrons. The van der Waals surface area contributed by atoms with E-state index in [1.54, 1.807) is 28.8 Å². The fourth-order valence-electron chi connectivity index (χ4n) is 4.61. The lowest BCUT2D eigenvalue weighted by atomic mass is 10.0. The van der Waals surface area contributed by atoms with E-state index in [1.165, 1.54) is 0 Å². The average molecular weight is 380 g/mol. The first-order chi connectivity index (χ1) is 13.4. The second kappa shape index (κ2) is 6.02. The van der Waals surface area contributed by atoms with Crippen molar-refractivity contribution >= 4 is 22.8 Å². The number of aryl methyl sites for hydroxylation is 2. The summed E-state index contributed by atoms with van der Waals surface area (Å²) in [6, 6.07) is 0. The van der Waals surface area contributed by atoms with Gasteiger partial charge in [0.1, 0.15) is 17.5 Å². The monoisotopic (exact) mass is 380 g/mol. The summed E-state index contributed by atoms with van der Waals surface area (Å²) in [5.41, 5.74) is 2.67. The van der Waals surface area contributed by atoms with Crippen LogP contribution in [0, 0.1) is 25.7 Å². The lowest BCUT2D eigenvalue weighted by Gasteiger charge is -2.25. The minimum Gasteiger partial charge on any atom is -0.356 e. The molecule has 0 aliphatic carbocycles. The Labute approximate surface area is 162 Å². The Morgan fingerprint density at radius 3 is 2.39 bits per heavy atom. The molecule has 5 rings (SSSR count). The van der Waals surface area contributed by atoms with Gasteiger partial charge in [-0.1, -0.05) is 0 Å². The van der Waals surface area contributed by atoms with Gasteiger partial charge >= 0.3 is 0 Å². The average Bonchev–Trinajstić information content (AvgIpc) is 3.32. The normalized spacial score (nSPS) is 21.7. The third kappa shape index (κ3) is 2.49. The third-order valence-electron chi connectivity index (χ3n) is 6.23. The number of nitrogens with zero attached hydrogens (tertiary/aromatic N) is 8. The number of anilines is 2. The molecule has 5 heterocycles. The number of hydrogen-bond acceptors (Lipinski definition) is 7.